The molecule has 5 heteroatoms. The van der Waals surface area contributed by atoms with Crippen LogP contribution in [0.4, 0.5) is 0 Å². The van der Waals surface area contributed by atoms with E-state index in [-0.39, 0.29) is 11.9 Å². The Bertz CT molecular complexity index is 362. The first-order chi connectivity index (χ1) is 7.22. The van der Waals surface area contributed by atoms with E-state index < -0.39 is 0 Å². The molecule has 3 N–H and O–H groups in total. The van der Waals surface area contributed by atoms with Gasteiger partial charge in [0.05, 0.1) is 5.02 Å². The first-order valence-electron chi connectivity index (χ1n) is 4.96. The number of nitrogens with one attached hydrogen (secondary N) is 1. The molecule has 82 valence electrons. The lowest BCUT2D eigenvalue weighted by molar-refractivity contribution is 0.0938. The van der Waals surface area contributed by atoms with Gasteiger partial charge < -0.3 is 11.1 Å². The number of hydrogen-bond acceptors (Lipinski definition) is 3. The molecule has 1 aromatic heterocycles. The minimum Gasteiger partial charge on any atom is -0.347 e. The van der Waals surface area contributed by atoms with Gasteiger partial charge in [-0.2, -0.15) is 0 Å². The zero-order chi connectivity index (χ0) is 10.8. The number of carbonyl (C=O) groups is 1. The van der Waals surface area contributed by atoms with Crippen LogP contribution in [0.15, 0.2) is 11.4 Å². The SMILES string of the molecule is NCC(NC(=O)c1sccc1Cl)C1CC1. The van der Waals surface area contributed by atoms with Crippen molar-refractivity contribution in [3.8, 4) is 0 Å². The van der Waals surface area contributed by atoms with Crippen molar-refractivity contribution >= 4 is 28.8 Å². The van der Waals surface area contributed by atoms with Gasteiger partial charge in [0.2, 0.25) is 0 Å². The van der Waals surface area contributed by atoms with Gasteiger partial charge in [-0.25, -0.2) is 0 Å². The van der Waals surface area contributed by atoms with Crippen LogP contribution < -0.4 is 11.1 Å². The second-order valence-electron chi connectivity index (χ2n) is 3.75. The zero-order valence-electron chi connectivity index (χ0n) is 8.20. The van der Waals surface area contributed by atoms with Crippen LogP contribution >= 0.6 is 22.9 Å². The summed E-state index contributed by atoms with van der Waals surface area (Å²) in [6.07, 6.45) is 2.33. The average molecular weight is 245 g/mol. The molecule has 0 aliphatic heterocycles. The van der Waals surface area contributed by atoms with Crippen LogP contribution in [-0.2, 0) is 0 Å². The van der Waals surface area contributed by atoms with Crippen LogP contribution in [0.2, 0.25) is 5.02 Å². The average Bonchev–Trinajstić information content (AvgIpc) is 2.97. The van der Waals surface area contributed by atoms with Crippen molar-refractivity contribution in [2.24, 2.45) is 11.7 Å². The van der Waals surface area contributed by atoms with E-state index in [4.69, 9.17) is 17.3 Å². The Morgan fingerprint density at radius 1 is 1.73 bits per heavy atom. The quantitative estimate of drug-likeness (QED) is 0.850. The normalized spacial score (nSPS) is 17.5. The van der Waals surface area contributed by atoms with Crippen molar-refractivity contribution in [1.82, 2.24) is 5.32 Å². The fraction of sp³-hybridized carbons (Fsp3) is 0.500. The molecular weight excluding hydrogens is 232 g/mol. The fourth-order valence-corrected chi connectivity index (χ4v) is 2.60. The summed E-state index contributed by atoms with van der Waals surface area (Å²) in [5.41, 5.74) is 5.61. The second-order valence-corrected chi connectivity index (χ2v) is 5.07. The van der Waals surface area contributed by atoms with Gasteiger partial charge in [-0.1, -0.05) is 11.6 Å². The van der Waals surface area contributed by atoms with Crippen LogP contribution in [0.1, 0.15) is 22.5 Å². The molecule has 0 spiro atoms. The summed E-state index contributed by atoms with van der Waals surface area (Å²) in [4.78, 5) is 12.4. The first kappa shape index (κ1) is 10.9. The van der Waals surface area contributed by atoms with Gasteiger partial charge in [-0.3, -0.25) is 4.79 Å². The van der Waals surface area contributed by atoms with Crippen LogP contribution in [0.3, 0.4) is 0 Å². The van der Waals surface area contributed by atoms with E-state index in [0.29, 0.717) is 22.4 Å². The number of halogens is 1. The molecule has 1 fully saturated rings. The van der Waals surface area contributed by atoms with Gasteiger partial charge in [0.1, 0.15) is 4.88 Å². The van der Waals surface area contributed by atoms with Gasteiger partial charge in [0, 0.05) is 12.6 Å². The van der Waals surface area contributed by atoms with Gasteiger partial charge in [-0.15, -0.1) is 11.3 Å². The second kappa shape index (κ2) is 4.51. The van der Waals surface area contributed by atoms with Crippen molar-refractivity contribution in [2.45, 2.75) is 18.9 Å². The molecule has 1 amide bonds. The van der Waals surface area contributed by atoms with Crippen LogP contribution in [-0.4, -0.2) is 18.5 Å². The van der Waals surface area contributed by atoms with Crippen LogP contribution in [0, 0.1) is 5.92 Å². The summed E-state index contributed by atoms with van der Waals surface area (Å²) in [7, 11) is 0. The molecule has 3 nitrogen and oxygen atoms in total. The summed E-state index contributed by atoms with van der Waals surface area (Å²) in [5.74, 6) is 0.468. The van der Waals surface area contributed by atoms with E-state index in [9.17, 15) is 4.79 Å². The third-order valence-electron chi connectivity index (χ3n) is 2.58. The molecule has 1 aliphatic carbocycles. The highest BCUT2D eigenvalue weighted by molar-refractivity contribution is 7.12. The highest BCUT2D eigenvalue weighted by Crippen LogP contribution is 2.32. The number of hydrogen-bond donors (Lipinski definition) is 2. The molecule has 15 heavy (non-hydrogen) atoms. The van der Waals surface area contributed by atoms with Crippen LogP contribution in [0.5, 0.6) is 0 Å². The number of carbonyl (C=O) groups excluding carboxylic acids is 1. The Morgan fingerprint density at radius 2 is 2.47 bits per heavy atom. The molecule has 0 bridgehead atoms. The lowest BCUT2D eigenvalue weighted by atomic mass is 10.2. The summed E-state index contributed by atoms with van der Waals surface area (Å²) in [6, 6.07) is 1.84. The molecule has 1 saturated carbocycles. The van der Waals surface area contributed by atoms with Crippen molar-refractivity contribution in [3.63, 3.8) is 0 Å². The number of thiophene rings is 1. The molecule has 1 atom stereocenters. The van der Waals surface area contributed by atoms with E-state index in [0.717, 1.165) is 0 Å². The Hall–Kier alpha value is -0.580. The number of nitrogens with two attached hydrogens (primary N) is 1. The van der Waals surface area contributed by atoms with Crippen LogP contribution in [0.25, 0.3) is 0 Å². The maximum atomic E-state index is 11.8. The standard InChI is InChI=1S/C10H13ClN2OS/c11-7-3-4-15-9(7)10(14)13-8(5-12)6-1-2-6/h3-4,6,8H,1-2,5,12H2,(H,13,14). The molecule has 0 aromatic carbocycles. The van der Waals surface area contributed by atoms with Gasteiger partial charge >= 0.3 is 0 Å². The molecule has 2 rings (SSSR count). The minimum absolute atomic E-state index is 0.0997. The van der Waals surface area contributed by atoms with Gasteiger partial charge in [0.15, 0.2) is 0 Å². The van der Waals surface area contributed by atoms with Gasteiger partial charge in [-0.05, 0) is 30.2 Å². The molecule has 1 heterocycles. The van der Waals surface area contributed by atoms with Crippen molar-refractivity contribution in [1.29, 1.82) is 0 Å². The summed E-state index contributed by atoms with van der Waals surface area (Å²) in [6.45, 7) is 0.499. The van der Waals surface area contributed by atoms with Gasteiger partial charge in [0.25, 0.3) is 5.91 Å². The maximum absolute atomic E-state index is 11.8. The Balaban J connectivity index is 1.99. The molecule has 1 aromatic rings. The smallest absolute Gasteiger partial charge is 0.263 e. The predicted molar refractivity (Wildman–Crippen MR) is 62.4 cm³/mol. The third kappa shape index (κ3) is 2.51. The fourth-order valence-electron chi connectivity index (χ4n) is 1.56. The molecule has 0 radical (unpaired) electrons. The third-order valence-corrected chi connectivity index (χ3v) is 3.93. The lowest BCUT2D eigenvalue weighted by Gasteiger charge is -2.15. The van der Waals surface area contributed by atoms with Crippen molar-refractivity contribution in [3.05, 3.63) is 21.3 Å². The Kier molecular flexibility index (Phi) is 3.29. The number of rotatable bonds is 4. The minimum atomic E-state index is -0.0997. The molecule has 1 unspecified atom stereocenters. The topological polar surface area (TPSA) is 55.1 Å². The molecule has 0 saturated heterocycles. The first-order valence-corrected chi connectivity index (χ1v) is 6.22. The molecule has 1 aliphatic rings. The highest BCUT2D eigenvalue weighted by Gasteiger charge is 2.31. The summed E-state index contributed by atoms with van der Waals surface area (Å²) < 4.78 is 0. The van der Waals surface area contributed by atoms with E-state index in [1.54, 1.807) is 6.07 Å². The largest absolute Gasteiger partial charge is 0.347 e. The zero-order valence-corrected chi connectivity index (χ0v) is 9.77. The Labute approximate surface area is 97.6 Å². The van der Waals surface area contributed by atoms with Crippen molar-refractivity contribution < 1.29 is 4.79 Å². The Morgan fingerprint density at radius 3 is 2.93 bits per heavy atom. The van der Waals surface area contributed by atoms with E-state index >= 15 is 0 Å². The predicted octanol–water partition coefficient (Wildman–Crippen LogP) is 1.87. The molecular formula is C10H13ClN2OS. The lowest BCUT2D eigenvalue weighted by Crippen LogP contribution is -2.41. The maximum Gasteiger partial charge on any atom is 0.263 e. The van der Waals surface area contributed by atoms with E-state index in [1.807, 2.05) is 5.38 Å². The number of amides is 1. The van der Waals surface area contributed by atoms with E-state index in [2.05, 4.69) is 5.32 Å². The van der Waals surface area contributed by atoms with E-state index in [1.165, 1.54) is 24.2 Å². The summed E-state index contributed by atoms with van der Waals surface area (Å²) in [5, 5.41) is 5.26. The highest BCUT2D eigenvalue weighted by atomic mass is 35.5. The van der Waals surface area contributed by atoms with Crippen molar-refractivity contribution in [2.75, 3.05) is 6.54 Å². The monoisotopic (exact) mass is 244 g/mol. The summed E-state index contributed by atoms with van der Waals surface area (Å²) >= 11 is 7.23.